The Morgan fingerprint density at radius 3 is 2.58 bits per heavy atom. The third-order valence-electron chi connectivity index (χ3n) is 4.77. The summed E-state index contributed by atoms with van der Waals surface area (Å²) in [5.74, 6) is 1.54. The molecule has 0 spiro atoms. The molecule has 3 rings (SSSR count). The smallest absolute Gasteiger partial charge is 0.322 e. The second-order valence-electron chi connectivity index (χ2n) is 6.99. The lowest BCUT2D eigenvalue weighted by atomic mass is 9.94. The van der Waals surface area contributed by atoms with E-state index in [1.54, 1.807) is 44.4 Å². The molecule has 0 aromatic heterocycles. The molecule has 0 unspecified atom stereocenters. The molecule has 7 heteroatoms. The van der Waals surface area contributed by atoms with Gasteiger partial charge in [0.2, 0.25) is 0 Å². The van der Waals surface area contributed by atoms with Gasteiger partial charge < -0.3 is 19.7 Å². The Morgan fingerprint density at radius 1 is 1.23 bits per heavy atom. The van der Waals surface area contributed by atoms with Crippen molar-refractivity contribution < 1.29 is 19.1 Å². The number of carbonyl (C=O) groups excluding carboxylic acids is 2. The molecule has 3 amide bonds. The quantitative estimate of drug-likeness (QED) is 0.874. The Labute approximate surface area is 153 Å². The van der Waals surface area contributed by atoms with Crippen LogP contribution in [0.3, 0.4) is 0 Å². The maximum absolute atomic E-state index is 13.1. The molecule has 0 radical (unpaired) electrons. The third kappa shape index (κ3) is 2.98. The van der Waals surface area contributed by atoms with Crippen molar-refractivity contribution in [2.24, 2.45) is 5.92 Å². The normalized spacial score (nSPS) is 19.8. The Balaban J connectivity index is 2.08. The average Bonchev–Trinajstić information content (AvgIpc) is 2.94. The van der Waals surface area contributed by atoms with E-state index in [1.165, 1.54) is 4.90 Å². The molecular weight excluding hydrogens is 334 g/mol. The van der Waals surface area contributed by atoms with Crippen molar-refractivity contribution >= 4 is 11.9 Å². The summed E-state index contributed by atoms with van der Waals surface area (Å²) >= 11 is 0. The first-order chi connectivity index (χ1) is 12.4. The number of likely N-dealkylation sites (N-methyl/N-ethyl adjacent to an activating group) is 1. The second-order valence-corrected chi connectivity index (χ2v) is 6.99. The van der Waals surface area contributed by atoms with Crippen LogP contribution in [0.2, 0.25) is 0 Å². The first-order valence-electron chi connectivity index (χ1n) is 8.65. The van der Waals surface area contributed by atoms with E-state index in [2.05, 4.69) is 19.2 Å². The Morgan fingerprint density at radius 2 is 1.96 bits per heavy atom. The SMILES string of the molecule is COc1ccc(OC)c([C@@H]2NC(=O)N(C)C3=C2C(=O)N(CC(C)C)C3)c1. The van der Waals surface area contributed by atoms with Gasteiger partial charge in [-0.1, -0.05) is 13.8 Å². The number of rotatable bonds is 5. The lowest BCUT2D eigenvalue weighted by Crippen LogP contribution is -2.45. The average molecular weight is 359 g/mol. The Kier molecular flexibility index (Phi) is 4.80. The van der Waals surface area contributed by atoms with E-state index < -0.39 is 6.04 Å². The predicted octanol–water partition coefficient (Wildman–Crippen LogP) is 2.15. The lowest BCUT2D eigenvalue weighted by molar-refractivity contribution is -0.126. The minimum absolute atomic E-state index is 0.0459. The van der Waals surface area contributed by atoms with E-state index >= 15 is 0 Å². The first-order valence-corrected chi connectivity index (χ1v) is 8.65. The molecule has 0 fully saturated rings. The number of hydrogen-bond donors (Lipinski definition) is 1. The topological polar surface area (TPSA) is 71.1 Å². The van der Waals surface area contributed by atoms with E-state index in [9.17, 15) is 9.59 Å². The van der Waals surface area contributed by atoms with E-state index in [4.69, 9.17) is 9.47 Å². The summed E-state index contributed by atoms with van der Waals surface area (Å²) in [6.45, 7) is 5.23. The standard InChI is InChI=1S/C19H25N3O4/c1-11(2)9-22-10-14-16(18(22)23)17(20-19(24)21(14)3)13-8-12(25-4)6-7-15(13)26-5/h6-8,11,17H,9-10H2,1-5H3,(H,20,24)/t17-/m0/s1. The molecule has 0 aliphatic carbocycles. The van der Waals surface area contributed by atoms with Crippen LogP contribution in [-0.2, 0) is 4.79 Å². The number of benzene rings is 1. The van der Waals surface area contributed by atoms with Gasteiger partial charge in [-0.2, -0.15) is 0 Å². The van der Waals surface area contributed by atoms with E-state index in [-0.39, 0.29) is 11.9 Å². The number of nitrogens with zero attached hydrogens (tertiary/aromatic N) is 2. The van der Waals surface area contributed by atoms with Crippen LogP contribution in [0.15, 0.2) is 29.5 Å². The number of ether oxygens (including phenoxy) is 2. The van der Waals surface area contributed by atoms with Crippen LogP contribution in [0.4, 0.5) is 4.79 Å². The van der Waals surface area contributed by atoms with Crippen LogP contribution in [0, 0.1) is 5.92 Å². The van der Waals surface area contributed by atoms with Crippen molar-refractivity contribution in [1.29, 1.82) is 0 Å². The van der Waals surface area contributed by atoms with Crippen molar-refractivity contribution in [1.82, 2.24) is 15.1 Å². The first kappa shape index (κ1) is 18.1. The predicted molar refractivity (Wildman–Crippen MR) is 97.0 cm³/mol. The number of urea groups is 1. The van der Waals surface area contributed by atoms with Crippen molar-refractivity contribution in [2.75, 3.05) is 34.4 Å². The number of amides is 3. The van der Waals surface area contributed by atoms with Gasteiger partial charge in [0.1, 0.15) is 11.5 Å². The van der Waals surface area contributed by atoms with Gasteiger partial charge in [0.05, 0.1) is 38.1 Å². The van der Waals surface area contributed by atoms with Crippen LogP contribution in [-0.4, -0.2) is 56.1 Å². The van der Waals surface area contributed by atoms with E-state index in [0.29, 0.717) is 41.6 Å². The molecule has 0 saturated heterocycles. The van der Waals surface area contributed by atoms with E-state index in [0.717, 1.165) is 5.70 Å². The summed E-state index contributed by atoms with van der Waals surface area (Å²) in [7, 11) is 4.84. The van der Waals surface area contributed by atoms with E-state index in [1.807, 2.05) is 0 Å². The Bertz CT molecular complexity index is 772. The lowest BCUT2D eigenvalue weighted by Gasteiger charge is -2.31. The molecule has 2 heterocycles. The maximum atomic E-state index is 13.1. The highest BCUT2D eigenvalue weighted by Gasteiger charge is 2.43. The van der Waals surface area contributed by atoms with Gasteiger partial charge >= 0.3 is 6.03 Å². The molecule has 2 aliphatic rings. The van der Waals surface area contributed by atoms with Gasteiger partial charge in [-0.05, 0) is 24.1 Å². The van der Waals surface area contributed by atoms with Gasteiger partial charge in [0, 0.05) is 19.2 Å². The Hall–Kier alpha value is -2.70. The molecule has 1 aromatic carbocycles. The summed E-state index contributed by atoms with van der Waals surface area (Å²) in [5.41, 5.74) is 2.05. The van der Waals surface area contributed by atoms with Crippen LogP contribution in [0.1, 0.15) is 25.5 Å². The maximum Gasteiger partial charge on any atom is 0.322 e. The van der Waals surface area contributed by atoms with Crippen LogP contribution >= 0.6 is 0 Å². The number of nitrogens with one attached hydrogen (secondary N) is 1. The van der Waals surface area contributed by atoms with Gasteiger partial charge in [-0.3, -0.25) is 9.69 Å². The molecule has 2 aliphatic heterocycles. The van der Waals surface area contributed by atoms with Gasteiger partial charge in [-0.25, -0.2) is 4.79 Å². The van der Waals surface area contributed by atoms with Crippen LogP contribution in [0.5, 0.6) is 11.5 Å². The van der Waals surface area contributed by atoms with Crippen molar-refractivity contribution in [3.05, 3.63) is 35.0 Å². The molecule has 0 saturated carbocycles. The zero-order chi connectivity index (χ0) is 19.0. The summed E-state index contributed by atoms with van der Waals surface area (Å²) in [4.78, 5) is 28.9. The minimum atomic E-state index is -0.566. The fourth-order valence-corrected chi connectivity index (χ4v) is 3.51. The fraction of sp³-hybridized carbons (Fsp3) is 0.474. The summed E-state index contributed by atoms with van der Waals surface area (Å²) < 4.78 is 10.8. The van der Waals surface area contributed by atoms with Gasteiger partial charge in [-0.15, -0.1) is 0 Å². The highest BCUT2D eigenvalue weighted by molar-refractivity contribution is 6.01. The number of carbonyl (C=O) groups is 2. The molecular formula is C19H25N3O4. The molecule has 1 aromatic rings. The number of methoxy groups -OCH3 is 2. The molecule has 1 atom stereocenters. The molecule has 1 N–H and O–H groups in total. The monoisotopic (exact) mass is 359 g/mol. The number of hydrogen-bond acceptors (Lipinski definition) is 4. The molecule has 140 valence electrons. The zero-order valence-electron chi connectivity index (χ0n) is 15.8. The van der Waals surface area contributed by atoms with Crippen LogP contribution < -0.4 is 14.8 Å². The second kappa shape index (κ2) is 6.90. The van der Waals surface area contributed by atoms with Crippen LogP contribution in [0.25, 0.3) is 0 Å². The van der Waals surface area contributed by atoms with Crippen molar-refractivity contribution in [3.8, 4) is 11.5 Å². The third-order valence-corrected chi connectivity index (χ3v) is 4.77. The highest BCUT2D eigenvalue weighted by atomic mass is 16.5. The molecule has 26 heavy (non-hydrogen) atoms. The highest BCUT2D eigenvalue weighted by Crippen LogP contribution is 2.40. The van der Waals surface area contributed by atoms with Crippen molar-refractivity contribution in [2.45, 2.75) is 19.9 Å². The summed E-state index contributed by atoms with van der Waals surface area (Å²) in [5, 5.41) is 2.93. The fourth-order valence-electron chi connectivity index (χ4n) is 3.51. The zero-order valence-corrected chi connectivity index (χ0v) is 15.8. The minimum Gasteiger partial charge on any atom is -0.497 e. The van der Waals surface area contributed by atoms with Gasteiger partial charge in [0.15, 0.2) is 0 Å². The van der Waals surface area contributed by atoms with Crippen molar-refractivity contribution in [3.63, 3.8) is 0 Å². The largest absolute Gasteiger partial charge is 0.497 e. The van der Waals surface area contributed by atoms with Gasteiger partial charge in [0.25, 0.3) is 5.91 Å². The summed E-state index contributed by atoms with van der Waals surface area (Å²) in [6, 6.07) is 4.57. The summed E-state index contributed by atoms with van der Waals surface area (Å²) in [6.07, 6.45) is 0. The molecule has 0 bridgehead atoms. The molecule has 7 nitrogen and oxygen atoms in total.